The van der Waals surface area contributed by atoms with Gasteiger partial charge in [0.05, 0.1) is 27.4 Å². The minimum absolute atomic E-state index is 0.0237. The largest absolute Gasteiger partial charge is 0.459 e. The van der Waals surface area contributed by atoms with Gasteiger partial charge in [0.1, 0.15) is 0 Å². The number of alkyl halides is 6. The highest BCUT2D eigenvalue weighted by Gasteiger charge is 2.41. The third-order valence-electron chi connectivity index (χ3n) is 9.80. The molecular formula is C34H34Cl2F6N4O3. The molecule has 2 aromatic carbocycles. The summed E-state index contributed by atoms with van der Waals surface area (Å²) in [7, 11) is 0. The van der Waals surface area contributed by atoms with Gasteiger partial charge >= 0.3 is 12.4 Å². The number of nitrogens with zero attached hydrogens (tertiary/aromatic N) is 4. The molecule has 0 spiro atoms. The van der Waals surface area contributed by atoms with E-state index in [0.717, 1.165) is 38.2 Å². The average Bonchev–Trinajstić information content (AvgIpc) is 3.79. The number of amides is 2. The number of carbonyl (C=O) groups is 2. The van der Waals surface area contributed by atoms with Gasteiger partial charge in [-0.1, -0.05) is 29.3 Å². The monoisotopic (exact) mass is 730 g/mol. The zero-order valence-electron chi connectivity index (χ0n) is 26.2. The van der Waals surface area contributed by atoms with Crippen LogP contribution in [0.1, 0.15) is 56.9 Å². The first kappa shape index (κ1) is 35.6. The van der Waals surface area contributed by atoms with Crippen LogP contribution in [0.4, 0.5) is 26.3 Å². The van der Waals surface area contributed by atoms with Crippen molar-refractivity contribution in [2.75, 3.05) is 45.8 Å². The van der Waals surface area contributed by atoms with Crippen molar-refractivity contribution in [3.05, 3.63) is 92.9 Å². The van der Waals surface area contributed by atoms with Gasteiger partial charge in [-0.3, -0.25) is 19.4 Å². The van der Waals surface area contributed by atoms with E-state index in [1.807, 2.05) is 0 Å². The Hall–Kier alpha value is -3.26. The molecule has 3 saturated heterocycles. The minimum Gasteiger partial charge on any atom is -0.459 e. The number of likely N-dealkylation sites (tertiary alicyclic amines) is 2. The zero-order valence-corrected chi connectivity index (χ0v) is 27.8. The molecule has 0 radical (unpaired) electrons. The average molecular weight is 732 g/mol. The van der Waals surface area contributed by atoms with Crippen LogP contribution >= 0.6 is 23.2 Å². The van der Waals surface area contributed by atoms with E-state index in [2.05, 4.69) is 9.80 Å². The summed E-state index contributed by atoms with van der Waals surface area (Å²) in [5.41, 5.74) is -2.99. The number of piperazine rings is 1. The number of carbonyl (C=O) groups excluding carboxylic acids is 2. The molecule has 1 aromatic heterocycles. The molecule has 6 rings (SSSR count). The molecule has 4 heterocycles. The van der Waals surface area contributed by atoms with Gasteiger partial charge in [0.25, 0.3) is 11.8 Å². The Labute approximate surface area is 289 Å². The van der Waals surface area contributed by atoms with Crippen LogP contribution in [0.3, 0.4) is 0 Å². The van der Waals surface area contributed by atoms with E-state index in [4.69, 9.17) is 27.6 Å². The molecule has 3 aliphatic rings. The normalized spacial score (nSPS) is 22.9. The molecule has 15 heteroatoms. The van der Waals surface area contributed by atoms with E-state index in [-0.39, 0.29) is 37.0 Å². The molecule has 3 fully saturated rings. The molecule has 7 nitrogen and oxygen atoms in total. The molecule has 0 saturated carbocycles. The molecule has 3 aromatic rings. The van der Waals surface area contributed by atoms with Crippen LogP contribution in [0.25, 0.3) is 0 Å². The molecule has 3 aliphatic heterocycles. The van der Waals surface area contributed by atoms with Gasteiger partial charge < -0.3 is 14.2 Å². The maximum atomic E-state index is 13.8. The fourth-order valence-corrected chi connectivity index (χ4v) is 7.57. The number of hydrogen-bond acceptors (Lipinski definition) is 5. The Balaban J connectivity index is 1.16. The third kappa shape index (κ3) is 8.05. The molecule has 3 atom stereocenters. The van der Waals surface area contributed by atoms with Gasteiger partial charge in [0.2, 0.25) is 0 Å². The molecule has 0 unspecified atom stereocenters. The van der Waals surface area contributed by atoms with Crippen molar-refractivity contribution >= 4 is 35.0 Å². The lowest BCUT2D eigenvalue weighted by atomic mass is 9.90. The summed E-state index contributed by atoms with van der Waals surface area (Å²) in [5.74, 6) is -0.695. The van der Waals surface area contributed by atoms with Crippen LogP contribution in [0.2, 0.25) is 10.0 Å². The minimum atomic E-state index is -5.07. The van der Waals surface area contributed by atoms with Crippen LogP contribution in [-0.4, -0.2) is 95.4 Å². The molecule has 49 heavy (non-hydrogen) atoms. The fourth-order valence-electron chi connectivity index (χ4n) is 7.25. The van der Waals surface area contributed by atoms with Crippen LogP contribution in [0.5, 0.6) is 0 Å². The van der Waals surface area contributed by atoms with E-state index in [0.29, 0.717) is 53.9 Å². The van der Waals surface area contributed by atoms with Crippen molar-refractivity contribution in [1.82, 2.24) is 19.6 Å². The summed E-state index contributed by atoms with van der Waals surface area (Å²) in [6.45, 7) is 4.43. The van der Waals surface area contributed by atoms with Crippen molar-refractivity contribution in [3.63, 3.8) is 0 Å². The predicted octanol–water partition coefficient (Wildman–Crippen LogP) is 7.37. The van der Waals surface area contributed by atoms with Crippen molar-refractivity contribution in [1.29, 1.82) is 0 Å². The highest BCUT2D eigenvalue weighted by molar-refractivity contribution is 6.42. The summed E-state index contributed by atoms with van der Waals surface area (Å²) in [6.07, 6.45) is -6.57. The van der Waals surface area contributed by atoms with Crippen molar-refractivity contribution in [2.24, 2.45) is 0 Å². The Morgan fingerprint density at radius 2 is 1.39 bits per heavy atom. The molecule has 2 amide bonds. The smallest absolute Gasteiger partial charge is 0.416 e. The lowest BCUT2D eigenvalue weighted by Gasteiger charge is -2.47. The van der Waals surface area contributed by atoms with E-state index < -0.39 is 41.0 Å². The second kappa shape index (κ2) is 14.2. The topological polar surface area (TPSA) is 60.2 Å². The maximum absolute atomic E-state index is 13.8. The van der Waals surface area contributed by atoms with Crippen LogP contribution in [0.15, 0.2) is 59.2 Å². The Morgan fingerprint density at radius 1 is 0.755 bits per heavy atom. The first-order valence-electron chi connectivity index (χ1n) is 16.0. The predicted molar refractivity (Wildman–Crippen MR) is 171 cm³/mol. The van der Waals surface area contributed by atoms with Crippen molar-refractivity contribution in [3.8, 4) is 0 Å². The second-order valence-electron chi connectivity index (χ2n) is 12.8. The molecule has 0 aliphatic carbocycles. The van der Waals surface area contributed by atoms with Crippen molar-refractivity contribution in [2.45, 2.75) is 56.2 Å². The maximum Gasteiger partial charge on any atom is 0.416 e. The first-order chi connectivity index (χ1) is 23.2. The summed E-state index contributed by atoms with van der Waals surface area (Å²) < 4.78 is 87.0. The number of rotatable bonds is 6. The SMILES string of the molecule is O=C(c1ccco1)N1CC[C@@H](N2CCN([C@H]3CCN(C(=O)c4cc(C(F)(F)F)cc(C(F)(F)F)c4)[C@H](Cc4ccc(Cl)c(Cl)c4)C3)CC2)C1. The van der Waals surface area contributed by atoms with Crippen LogP contribution in [-0.2, 0) is 18.8 Å². The van der Waals surface area contributed by atoms with Crippen molar-refractivity contribution < 1.29 is 40.3 Å². The third-order valence-corrected chi connectivity index (χ3v) is 10.5. The summed E-state index contributed by atoms with van der Waals surface area (Å²) >= 11 is 12.4. The number of halogens is 8. The fraction of sp³-hybridized carbons (Fsp3) is 0.471. The number of piperidine rings is 1. The standard InChI is InChI=1S/C34H34Cl2F6N4O3/c35-28-4-3-21(15-29(28)36)14-27-19-25(6-8-46(27)31(47)22-16-23(33(37,38)39)18-24(17-22)34(40,41)42)43-9-11-44(12-10-43)26-5-7-45(20-26)32(48)30-2-1-13-49-30/h1-4,13,15-18,25-27H,5-12,14,19-20H2/t25-,26+,27+/m0/s1. The van der Waals surface area contributed by atoms with Gasteiger partial charge in [0, 0.05) is 69.5 Å². The van der Waals surface area contributed by atoms with Gasteiger partial charge in [-0.2, -0.15) is 26.3 Å². The number of hydrogen-bond donors (Lipinski definition) is 0. The number of furan rings is 1. The summed E-state index contributed by atoms with van der Waals surface area (Å²) in [6, 6.07) is 9.08. The summed E-state index contributed by atoms with van der Waals surface area (Å²) in [5, 5.41) is 0.627. The van der Waals surface area contributed by atoms with Crippen LogP contribution < -0.4 is 0 Å². The Bertz CT molecular complexity index is 1630. The van der Waals surface area contributed by atoms with Gasteiger partial charge in [-0.25, -0.2) is 0 Å². The van der Waals surface area contributed by atoms with E-state index in [1.165, 1.54) is 11.2 Å². The van der Waals surface area contributed by atoms with E-state index >= 15 is 0 Å². The molecule has 0 N–H and O–H groups in total. The molecule has 0 bridgehead atoms. The molecule has 264 valence electrons. The summed E-state index contributed by atoms with van der Waals surface area (Å²) in [4.78, 5) is 34.5. The molecular weight excluding hydrogens is 697 g/mol. The highest BCUT2D eigenvalue weighted by Crippen LogP contribution is 2.37. The van der Waals surface area contributed by atoms with E-state index in [1.54, 1.807) is 35.2 Å². The Morgan fingerprint density at radius 3 is 1.98 bits per heavy atom. The zero-order chi connectivity index (χ0) is 35.1. The lowest BCUT2D eigenvalue weighted by Crippen LogP contribution is -2.58. The first-order valence-corrected chi connectivity index (χ1v) is 16.8. The van der Waals surface area contributed by atoms with Gasteiger partial charge in [0.15, 0.2) is 5.76 Å². The second-order valence-corrected chi connectivity index (χ2v) is 13.6. The lowest BCUT2D eigenvalue weighted by molar-refractivity contribution is -0.143. The van der Waals surface area contributed by atoms with Gasteiger partial charge in [-0.05, 0) is 73.7 Å². The quantitative estimate of drug-likeness (QED) is 0.248. The Kier molecular flexibility index (Phi) is 10.3. The van der Waals surface area contributed by atoms with E-state index in [9.17, 15) is 35.9 Å². The van der Waals surface area contributed by atoms with Gasteiger partial charge in [-0.15, -0.1) is 0 Å². The number of benzene rings is 2. The van der Waals surface area contributed by atoms with Crippen LogP contribution in [0, 0.1) is 0 Å². The highest BCUT2D eigenvalue weighted by atomic mass is 35.5.